The lowest BCUT2D eigenvalue weighted by molar-refractivity contribution is 0.0897. The van der Waals surface area contributed by atoms with Crippen molar-refractivity contribution in [2.24, 2.45) is 10.2 Å². The van der Waals surface area contributed by atoms with Gasteiger partial charge in [-0.05, 0) is 23.3 Å². The minimum Gasteiger partial charge on any atom is -0.291 e. The van der Waals surface area contributed by atoms with E-state index in [0.29, 0.717) is 18.0 Å². The summed E-state index contributed by atoms with van der Waals surface area (Å²) in [5, 5.41) is 9.26. The number of Topliss-reactive ketones (excluding diaryl/α,β-unsaturated/α-hetero) is 1. The van der Waals surface area contributed by atoms with E-state index in [1.54, 1.807) is 0 Å². The molecule has 104 valence electrons. The van der Waals surface area contributed by atoms with Crippen LogP contribution in [0.25, 0.3) is 0 Å². The fourth-order valence-electron chi connectivity index (χ4n) is 3.44. The highest BCUT2D eigenvalue weighted by Crippen LogP contribution is 2.46. The van der Waals surface area contributed by atoms with E-state index in [9.17, 15) is 4.79 Å². The van der Waals surface area contributed by atoms with Gasteiger partial charge in [-0.25, -0.2) is 0 Å². The molecule has 3 nitrogen and oxygen atoms in total. The summed E-state index contributed by atoms with van der Waals surface area (Å²) in [6.45, 7) is 0.542. The smallest absolute Gasteiger partial charge is 0.193 e. The predicted molar refractivity (Wildman–Crippen MR) is 81.1 cm³/mol. The molecule has 2 aromatic carbocycles. The van der Waals surface area contributed by atoms with Gasteiger partial charge in [-0.3, -0.25) is 4.79 Å². The van der Waals surface area contributed by atoms with Crippen LogP contribution in [0, 0.1) is 0 Å². The Bertz CT molecular complexity index is 771. The first-order chi connectivity index (χ1) is 10.2. The van der Waals surface area contributed by atoms with Crippen molar-refractivity contribution in [1.29, 1.82) is 0 Å². The summed E-state index contributed by atoms with van der Waals surface area (Å²) < 4.78 is 0. The second-order valence-corrected chi connectivity index (χ2v) is 6.06. The number of rotatable bonds is 1. The number of hydrogen-bond acceptors (Lipinski definition) is 3. The highest BCUT2D eigenvalue weighted by atomic mass is 35.5. The molecule has 4 rings (SSSR count). The van der Waals surface area contributed by atoms with Crippen molar-refractivity contribution in [3.63, 3.8) is 0 Å². The molecule has 0 fully saturated rings. The number of nitrogens with zero attached hydrogens (tertiary/aromatic N) is 2. The molecule has 2 unspecified atom stereocenters. The van der Waals surface area contributed by atoms with Crippen LogP contribution in [0.3, 0.4) is 0 Å². The van der Waals surface area contributed by atoms with E-state index in [4.69, 9.17) is 11.6 Å². The van der Waals surface area contributed by atoms with E-state index < -0.39 is 5.54 Å². The maximum Gasteiger partial charge on any atom is 0.193 e. The Morgan fingerprint density at radius 3 is 2.81 bits per heavy atom. The lowest BCUT2D eigenvalue weighted by Crippen LogP contribution is -2.38. The molecule has 4 heteroatoms. The van der Waals surface area contributed by atoms with E-state index in [1.807, 2.05) is 48.5 Å². The molecule has 0 bridgehead atoms. The van der Waals surface area contributed by atoms with Crippen LogP contribution in [0.1, 0.15) is 27.4 Å². The van der Waals surface area contributed by atoms with Gasteiger partial charge in [0.25, 0.3) is 0 Å². The van der Waals surface area contributed by atoms with Crippen LogP contribution in [0.5, 0.6) is 0 Å². The first-order valence-electron chi connectivity index (χ1n) is 6.97. The average Bonchev–Trinajstić information content (AvgIpc) is 3.03. The van der Waals surface area contributed by atoms with Crippen LogP contribution < -0.4 is 0 Å². The predicted octanol–water partition coefficient (Wildman–Crippen LogP) is 4.07. The zero-order chi connectivity index (χ0) is 14.4. The zero-order valence-electron chi connectivity index (χ0n) is 11.3. The molecule has 21 heavy (non-hydrogen) atoms. The number of benzene rings is 2. The summed E-state index contributed by atoms with van der Waals surface area (Å²) in [5.41, 5.74) is 2.11. The topological polar surface area (TPSA) is 41.8 Å². The molecule has 0 N–H and O–H groups in total. The number of halogens is 1. The highest BCUT2D eigenvalue weighted by Gasteiger charge is 2.54. The summed E-state index contributed by atoms with van der Waals surface area (Å²) in [6, 6.07) is 15.4. The van der Waals surface area contributed by atoms with Crippen LogP contribution in [0.4, 0.5) is 0 Å². The molecule has 1 spiro atoms. The van der Waals surface area contributed by atoms with Gasteiger partial charge in [0.1, 0.15) is 0 Å². The van der Waals surface area contributed by atoms with E-state index >= 15 is 0 Å². The van der Waals surface area contributed by atoms with Crippen molar-refractivity contribution >= 4 is 17.4 Å². The second kappa shape index (κ2) is 4.50. The third kappa shape index (κ3) is 1.77. The van der Waals surface area contributed by atoms with Crippen molar-refractivity contribution in [3.05, 3.63) is 70.2 Å². The third-order valence-electron chi connectivity index (χ3n) is 4.46. The molecule has 0 amide bonds. The largest absolute Gasteiger partial charge is 0.291 e. The summed E-state index contributed by atoms with van der Waals surface area (Å²) in [5.74, 6) is 0.0559. The van der Waals surface area contributed by atoms with E-state index in [2.05, 4.69) is 10.2 Å². The van der Waals surface area contributed by atoms with Crippen molar-refractivity contribution in [3.8, 4) is 0 Å². The van der Waals surface area contributed by atoms with E-state index in [1.165, 1.54) is 0 Å². The highest BCUT2D eigenvalue weighted by molar-refractivity contribution is 6.30. The minimum absolute atomic E-state index is 0.0314. The summed E-state index contributed by atoms with van der Waals surface area (Å²) in [4.78, 5) is 12.9. The SMILES string of the molecule is O=C1c2ccccc2CC12N=NCC2c1cccc(Cl)c1. The lowest BCUT2D eigenvalue weighted by Gasteiger charge is -2.25. The maximum absolute atomic E-state index is 12.9. The molecule has 2 aromatic rings. The molecular formula is C17H13ClN2O. The van der Waals surface area contributed by atoms with Gasteiger partial charge in [0.15, 0.2) is 11.3 Å². The van der Waals surface area contributed by atoms with E-state index in [-0.39, 0.29) is 11.7 Å². The van der Waals surface area contributed by atoms with Gasteiger partial charge in [-0.1, -0.05) is 48.0 Å². The third-order valence-corrected chi connectivity index (χ3v) is 4.69. The summed E-state index contributed by atoms with van der Waals surface area (Å²) in [7, 11) is 0. The molecule has 0 saturated heterocycles. The standard InChI is InChI=1S/C17H13ClN2O/c18-13-6-3-5-11(8-13)15-10-19-20-17(15)9-12-4-1-2-7-14(12)16(17)21/h1-8,15H,9-10H2. The normalized spacial score (nSPS) is 26.5. The van der Waals surface area contributed by atoms with Gasteiger partial charge in [0.05, 0.1) is 6.54 Å². The van der Waals surface area contributed by atoms with Gasteiger partial charge >= 0.3 is 0 Å². The van der Waals surface area contributed by atoms with Crippen LogP contribution in [0.15, 0.2) is 58.8 Å². The Hall–Kier alpha value is -2.00. The zero-order valence-corrected chi connectivity index (χ0v) is 12.0. The first-order valence-corrected chi connectivity index (χ1v) is 7.35. The van der Waals surface area contributed by atoms with Gasteiger partial charge in [-0.2, -0.15) is 10.2 Å². The molecule has 0 saturated carbocycles. The molecule has 1 aliphatic heterocycles. The monoisotopic (exact) mass is 296 g/mol. The Morgan fingerprint density at radius 1 is 1.14 bits per heavy atom. The Balaban J connectivity index is 1.81. The molecule has 1 aliphatic carbocycles. The van der Waals surface area contributed by atoms with E-state index in [0.717, 1.165) is 16.7 Å². The minimum atomic E-state index is -0.769. The van der Waals surface area contributed by atoms with Crippen molar-refractivity contribution in [2.75, 3.05) is 6.54 Å². The number of carbonyl (C=O) groups excluding carboxylic acids is 1. The van der Waals surface area contributed by atoms with Crippen LogP contribution in [-0.4, -0.2) is 17.9 Å². The van der Waals surface area contributed by atoms with Gasteiger partial charge < -0.3 is 0 Å². The maximum atomic E-state index is 12.9. The molecule has 1 heterocycles. The lowest BCUT2D eigenvalue weighted by atomic mass is 9.78. The molecule has 2 aliphatic rings. The quantitative estimate of drug-likeness (QED) is 0.782. The molecular weight excluding hydrogens is 284 g/mol. The van der Waals surface area contributed by atoms with Crippen LogP contribution >= 0.6 is 11.6 Å². The van der Waals surface area contributed by atoms with Crippen molar-refractivity contribution in [2.45, 2.75) is 17.9 Å². The molecule has 0 aromatic heterocycles. The van der Waals surface area contributed by atoms with Gasteiger partial charge in [-0.15, -0.1) is 0 Å². The number of fused-ring (bicyclic) bond motifs is 1. The summed E-state index contributed by atoms with van der Waals surface area (Å²) >= 11 is 6.10. The average molecular weight is 297 g/mol. The summed E-state index contributed by atoms with van der Waals surface area (Å²) in [6.07, 6.45) is 0.628. The number of azo groups is 1. The van der Waals surface area contributed by atoms with Crippen molar-refractivity contribution in [1.82, 2.24) is 0 Å². The Kier molecular flexibility index (Phi) is 2.73. The Labute approximate surface area is 127 Å². The Morgan fingerprint density at radius 2 is 2.00 bits per heavy atom. The molecule has 0 radical (unpaired) electrons. The fraction of sp³-hybridized carbons (Fsp3) is 0.235. The molecule has 2 atom stereocenters. The van der Waals surface area contributed by atoms with Crippen LogP contribution in [-0.2, 0) is 6.42 Å². The number of hydrogen-bond donors (Lipinski definition) is 0. The second-order valence-electron chi connectivity index (χ2n) is 5.62. The number of carbonyl (C=O) groups is 1. The van der Waals surface area contributed by atoms with Gasteiger partial charge in [0, 0.05) is 22.9 Å². The van der Waals surface area contributed by atoms with Crippen LogP contribution in [0.2, 0.25) is 5.02 Å². The van der Waals surface area contributed by atoms with Crippen molar-refractivity contribution < 1.29 is 4.79 Å². The van der Waals surface area contributed by atoms with Gasteiger partial charge in [0.2, 0.25) is 0 Å². The first kappa shape index (κ1) is 12.7. The number of ketones is 1. The fourth-order valence-corrected chi connectivity index (χ4v) is 3.63.